The minimum absolute atomic E-state index is 1.02. The minimum Gasteiger partial charge on any atom is -0.0654 e. The molecule has 0 saturated carbocycles. The van der Waals surface area contributed by atoms with Crippen LogP contribution in [0.1, 0.15) is 258 Å². The van der Waals surface area contributed by atoms with Gasteiger partial charge in [-0.05, 0) is 5.92 Å². The summed E-state index contributed by atoms with van der Waals surface area (Å²) >= 11 is 0. The molecule has 0 aromatic carbocycles. The van der Waals surface area contributed by atoms with Crippen molar-refractivity contribution in [2.75, 3.05) is 0 Å². The highest BCUT2D eigenvalue weighted by Gasteiger charge is 2.06. The first-order chi connectivity index (χ1) is 20.3. The van der Waals surface area contributed by atoms with E-state index >= 15 is 0 Å². The topological polar surface area (TPSA) is 0 Å². The monoisotopic (exact) mass is 577 g/mol. The molecule has 0 bridgehead atoms. The lowest BCUT2D eigenvalue weighted by molar-refractivity contribution is 0.392. The molecule has 0 aromatic heterocycles. The molecule has 0 fully saturated rings. The Labute approximate surface area is 263 Å². The zero-order valence-electron chi connectivity index (χ0n) is 29.7. The van der Waals surface area contributed by atoms with Crippen LogP contribution in [0.5, 0.6) is 0 Å². The molecule has 41 heavy (non-hydrogen) atoms. The summed E-state index contributed by atoms with van der Waals surface area (Å²) in [5.41, 5.74) is 0. The third-order valence-electron chi connectivity index (χ3n) is 10.0. The first-order valence-electron chi connectivity index (χ1n) is 20.3. The van der Waals surface area contributed by atoms with E-state index in [0.717, 1.165) is 5.92 Å². The van der Waals surface area contributed by atoms with Crippen molar-refractivity contribution in [3.63, 3.8) is 0 Å². The molecule has 1 atom stereocenters. The van der Waals surface area contributed by atoms with Crippen LogP contribution in [-0.2, 0) is 0 Å². The van der Waals surface area contributed by atoms with Gasteiger partial charge in [0.15, 0.2) is 0 Å². The fourth-order valence-electron chi connectivity index (χ4n) is 6.87. The number of unbranched alkanes of at least 4 members (excludes halogenated alkanes) is 32. The predicted octanol–water partition coefficient (Wildman–Crippen LogP) is 16.1. The molecule has 0 aliphatic rings. The summed E-state index contributed by atoms with van der Waals surface area (Å²) in [5.74, 6) is 1.02. The predicted molar refractivity (Wildman–Crippen MR) is 191 cm³/mol. The highest BCUT2D eigenvalue weighted by molar-refractivity contribution is 4.60. The van der Waals surface area contributed by atoms with Crippen molar-refractivity contribution in [3.05, 3.63) is 0 Å². The van der Waals surface area contributed by atoms with Gasteiger partial charge in [-0.1, -0.05) is 258 Å². The summed E-state index contributed by atoms with van der Waals surface area (Å²) in [4.78, 5) is 0. The van der Waals surface area contributed by atoms with Crippen LogP contribution in [0.4, 0.5) is 0 Å². The Balaban J connectivity index is 3.21. The van der Waals surface area contributed by atoms with Gasteiger partial charge in [0.25, 0.3) is 0 Å². The van der Waals surface area contributed by atoms with E-state index < -0.39 is 0 Å². The zero-order valence-corrected chi connectivity index (χ0v) is 29.7. The molecular formula is C41H84. The number of hydrogen-bond donors (Lipinski definition) is 0. The second kappa shape index (κ2) is 38.0. The van der Waals surface area contributed by atoms with Crippen molar-refractivity contribution < 1.29 is 0 Å². The van der Waals surface area contributed by atoms with E-state index in [4.69, 9.17) is 0 Å². The van der Waals surface area contributed by atoms with Gasteiger partial charge in [-0.25, -0.2) is 0 Å². The fraction of sp³-hybridized carbons (Fsp3) is 1.00. The quantitative estimate of drug-likeness (QED) is 0.0645. The van der Waals surface area contributed by atoms with E-state index in [0.29, 0.717) is 0 Å². The van der Waals surface area contributed by atoms with Gasteiger partial charge in [-0.3, -0.25) is 0 Å². The summed E-state index contributed by atoms with van der Waals surface area (Å²) in [6, 6.07) is 0. The van der Waals surface area contributed by atoms with Crippen LogP contribution >= 0.6 is 0 Å². The van der Waals surface area contributed by atoms with Crippen LogP contribution in [0.15, 0.2) is 0 Å². The van der Waals surface area contributed by atoms with Crippen LogP contribution in [0.3, 0.4) is 0 Å². The molecule has 1 unspecified atom stereocenters. The van der Waals surface area contributed by atoms with Gasteiger partial charge < -0.3 is 0 Å². The molecule has 0 aliphatic carbocycles. The summed E-state index contributed by atoms with van der Waals surface area (Å²) < 4.78 is 0. The minimum atomic E-state index is 1.02. The molecule has 0 aliphatic heterocycles. The summed E-state index contributed by atoms with van der Waals surface area (Å²) in [5, 5.41) is 0. The second-order valence-corrected chi connectivity index (χ2v) is 14.2. The molecule has 0 N–H and O–H groups in total. The van der Waals surface area contributed by atoms with Gasteiger partial charge in [0.05, 0.1) is 0 Å². The first kappa shape index (κ1) is 41.0. The second-order valence-electron chi connectivity index (χ2n) is 14.2. The Morgan fingerprint density at radius 2 is 0.390 bits per heavy atom. The molecule has 0 spiro atoms. The van der Waals surface area contributed by atoms with Crippen LogP contribution in [-0.4, -0.2) is 0 Å². The summed E-state index contributed by atoms with van der Waals surface area (Å²) in [6.07, 6.45) is 54.8. The number of rotatable bonds is 37. The maximum atomic E-state index is 2.43. The van der Waals surface area contributed by atoms with Crippen molar-refractivity contribution in [3.8, 4) is 0 Å². The molecule has 248 valence electrons. The Morgan fingerprint density at radius 3 is 0.561 bits per heavy atom. The lowest BCUT2D eigenvalue weighted by Gasteiger charge is -2.14. The molecule has 0 rings (SSSR count). The van der Waals surface area contributed by atoms with E-state index in [9.17, 15) is 0 Å². The van der Waals surface area contributed by atoms with Gasteiger partial charge in [-0.15, -0.1) is 0 Å². The molecule has 0 nitrogen and oxygen atoms in total. The summed E-state index contributed by atoms with van der Waals surface area (Å²) in [6.45, 7) is 7.06. The molecule has 0 amide bonds. The van der Waals surface area contributed by atoms with Crippen LogP contribution in [0.2, 0.25) is 0 Å². The van der Waals surface area contributed by atoms with Gasteiger partial charge >= 0.3 is 0 Å². The lowest BCUT2D eigenvalue weighted by atomic mass is 9.92. The molecule has 0 heteroatoms. The zero-order chi connectivity index (χ0) is 29.7. The van der Waals surface area contributed by atoms with Gasteiger partial charge in [0.2, 0.25) is 0 Å². The van der Waals surface area contributed by atoms with Crippen molar-refractivity contribution in [1.82, 2.24) is 0 Å². The highest BCUT2D eigenvalue weighted by Crippen LogP contribution is 2.22. The highest BCUT2D eigenvalue weighted by atomic mass is 14.1. The lowest BCUT2D eigenvalue weighted by Crippen LogP contribution is -1.99. The van der Waals surface area contributed by atoms with Crippen LogP contribution in [0, 0.1) is 5.92 Å². The van der Waals surface area contributed by atoms with Gasteiger partial charge in [-0.2, -0.15) is 0 Å². The SMILES string of the molecule is CCCCCCCCCCCCCCCCCCCCCCCCCC(CC)CCCCCCCCCCCCC. The van der Waals surface area contributed by atoms with Crippen LogP contribution < -0.4 is 0 Å². The van der Waals surface area contributed by atoms with Crippen molar-refractivity contribution in [2.45, 2.75) is 258 Å². The van der Waals surface area contributed by atoms with E-state index in [-0.39, 0.29) is 0 Å². The smallest absolute Gasteiger partial charge is 0.0417 e. The molecule has 0 saturated heterocycles. The Bertz CT molecular complexity index is 426. The average molecular weight is 577 g/mol. The van der Waals surface area contributed by atoms with E-state index in [1.807, 2.05) is 0 Å². The Morgan fingerprint density at radius 1 is 0.220 bits per heavy atom. The van der Waals surface area contributed by atoms with Crippen molar-refractivity contribution >= 4 is 0 Å². The third-order valence-corrected chi connectivity index (χ3v) is 10.0. The molecule has 0 radical (unpaired) electrons. The van der Waals surface area contributed by atoms with Gasteiger partial charge in [0, 0.05) is 0 Å². The van der Waals surface area contributed by atoms with E-state index in [1.54, 1.807) is 0 Å². The Kier molecular flexibility index (Phi) is 38.0. The molecule has 0 aromatic rings. The normalized spacial score (nSPS) is 12.4. The largest absolute Gasteiger partial charge is 0.0654 e. The maximum Gasteiger partial charge on any atom is -0.0417 e. The van der Waals surface area contributed by atoms with Crippen LogP contribution in [0.25, 0.3) is 0 Å². The molecule has 0 heterocycles. The Hall–Kier alpha value is 0. The number of hydrogen-bond acceptors (Lipinski definition) is 0. The standard InChI is InChI=1S/C41H84/c1-4-7-9-11-13-15-17-18-19-20-21-22-23-24-25-26-27-28-30-32-34-36-38-40-41(6-3)39-37-35-33-31-29-16-14-12-10-8-5-2/h41H,4-40H2,1-3H3. The van der Waals surface area contributed by atoms with Gasteiger partial charge in [0.1, 0.15) is 0 Å². The third kappa shape index (κ3) is 36.1. The fourth-order valence-corrected chi connectivity index (χ4v) is 6.87. The van der Waals surface area contributed by atoms with Crippen molar-refractivity contribution in [2.24, 2.45) is 5.92 Å². The summed E-state index contributed by atoms with van der Waals surface area (Å²) in [7, 11) is 0. The molecular weight excluding hydrogens is 492 g/mol. The van der Waals surface area contributed by atoms with E-state index in [2.05, 4.69) is 20.8 Å². The first-order valence-corrected chi connectivity index (χ1v) is 20.3. The maximum absolute atomic E-state index is 2.43. The van der Waals surface area contributed by atoms with Crippen molar-refractivity contribution in [1.29, 1.82) is 0 Å². The average Bonchev–Trinajstić information content (AvgIpc) is 2.99. The van der Waals surface area contributed by atoms with E-state index in [1.165, 1.54) is 238 Å².